The van der Waals surface area contributed by atoms with Crippen LogP contribution in [0.25, 0.3) is 45.8 Å². The van der Waals surface area contributed by atoms with Gasteiger partial charge in [-0.3, -0.25) is 9.59 Å². The van der Waals surface area contributed by atoms with Crippen LogP contribution in [0.2, 0.25) is 0 Å². The van der Waals surface area contributed by atoms with E-state index in [0.717, 1.165) is 72.7 Å². The standard InChI is InChI=1S/C32H38N8.C12H14N8.C10H16O2/c1-29(2)15-17-31(5,6)25-23(29)35-27(39-37-25)21-13-9-11-19(33-21)20-12-10-14-22(34-20)28-36-24-26(38-40-28)32(7,8)18-16-30(24,3)4;13-11(19-15)9-5-1-3-7(17-9)8-4-2-6-10(18-8)12(14)20-16;1-9(2)5-6-10(3,4)8(12)7(9)11/h9-14H,15-18H2,1-8H3;1-6H,15-16H2,(H2,13,19)(H2,14,20);5-6H2,1-4H3. The minimum atomic E-state index is -0.424. The fraction of sp³-hybridized carbons (Fsp3) is 0.444. The molecular weight excluding hydrogens is 905 g/mol. The lowest BCUT2D eigenvalue weighted by atomic mass is 9.65. The van der Waals surface area contributed by atoms with Gasteiger partial charge in [0.15, 0.2) is 11.7 Å². The molecule has 0 unspecified atom stereocenters. The van der Waals surface area contributed by atoms with E-state index in [0.29, 0.717) is 45.8 Å². The zero-order valence-corrected chi connectivity index (χ0v) is 43.7. The third-order valence-corrected chi connectivity index (χ3v) is 14.3. The minimum absolute atomic E-state index is 0.0401. The lowest BCUT2D eigenvalue weighted by Crippen LogP contribution is -2.45. The Bertz CT molecular complexity index is 2890. The van der Waals surface area contributed by atoms with Crippen molar-refractivity contribution in [3.05, 3.63) is 107 Å². The van der Waals surface area contributed by atoms with Crippen LogP contribution in [0.5, 0.6) is 0 Å². The number of aromatic nitrogens is 10. The zero-order chi connectivity index (χ0) is 52.6. The molecule has 0 aliphatic heterocycles. The first kappa shape index (κ1) is 52.3. The van der Waals surface area contributed by atoms with Gasteiger partial charge in [-0.1, -0.05) is 107 Å². The highest BCUT2D eigenvalue weighted by Crippen LogP contribution is 2.45. The van der Waals surface area contributed by atoms with Gasteiger partial charge in [0, 0.05) is 32.5 Å². The monoisotopic (exact) mass is 973 g/mol. The van der Waals surface area contributed by atoms with E-state index < -0.39 is 10.8 Å². The molecule has 6 heterocycles. The number of amidine groups is 2. The third kappa shape index (κ3) is 10.9. The molecule has 376 valence electrons. The molecule has 6 aromatic rings. The highest BCUT2D eigenvalue weighted by Gasteiger charge is 2.46. The molecule has 8 N–H and O–H groups in total. The van der Waals surface area contributed by atoms with Gasteiger partial charge in [0.05, 0.1) is 45.6 Å². The van der Waals surface area contributed by atoms with Crippen LogP contribution in [0.4, 0.5) is 0 Å². The summed E-state index contributed by atoms with van der Waals surface area (Å²) in [6.07, 6.45) is 5.90. The van der Waals surface area contributed by atoms with Crippen LogP contribution < -0.4 is 23.2 Å². The molecule has 0 atom stereocenters. The average Bonchev–Trinajstić information content (AvgIpc) is 3.37. The van der Waals surface area contributed by atoms with Crippen molar-refractivity contribution in [3.8, 4) is 45.8 Å². The number of hydrogen-bond acceptors (Lipinski definition) is 16. The molecule has 0 radical (unpaired) electrons. The van der Waals surface area contributed by atoms with Crippen molar-refractivity contribution in [3.63, 3.8) is 0 Å². The number of rotatable bonds is 6. The molecule has 6 aromatic heterocycles. The van der Waals surface area contributed by atoms with Crippen LogP contribution in [0.1, 0.15) is 156 Å². The lowest BCUT2D eigenvalue weighted by molar-refractivity contribution is -0.150. The van der Waals surface area contributed by atoms with Crippen LogP contribution in [0, 0.1) is 10.8 Å². The van der Waals surface area contributed by atoms with Gasteiger partial charge in [0.2, 0.25) is 23.2 Å². The largest absolute Gasteiger partial charge is 0.380 e. The number of ketones is 2. The first-order valence-corrected chi connectivity index (χ1v) is 24.3. The van der Waals surface area contributed by atoms with Crippen molar-refractivity contribution in [2.75, 3.05) is 0 Å². The number of pyridine rings is 4. The van der Waals surface area contributed by atoms with Gasteiger partial charge in [-0.2, -0.15) is 20.4 Å². The molecule has 0 spiro atoms. The van der Waals surface area contributed by atoms with E-state index in [1.54, 1.807) is 36.4 Å². The summed E-state index contributed by atoms with van der Waals surface area (Å²) < 4.78 is 0. The van der Waals surface area contributed by atoms with Crippen LogP contribution in [0.15, 0.2) is 83.0 Å². The van der Waals surface area contributed by atoms with Crippen molar-refractivity contribution in [2.24, 2.45) is 44.2 Å². The van der Waals surface area contributed by atoms with E-state index >= 15 is 0 Å². The Hall–Kier alpha value is -7.50. The predicted molar refractivity (Wildman–Crippen MR) is 280 cm³/mol. The van der Waals surface area contributed by atoms with Crippen LogP contribution in [0.3, 0.4) is 0 Å². The molecule has 1 fully saturated rings. The Kier molecular flexibility index (Phi) is 14.2. The maximum Gasteiger partial charge on any atom is 0.204 e. The predicted octanol–water partition coefficient (Wildman–Crippen LogP) is 7.82. The highest BCUT2D eigenvalue weighted by molar-refractivity contribution is 6.41. The quantitative estimate of drug-likeness (QED) is 0.0407. The first-order valence-electron chi connectivity index (χ1n) is 24.3. The second-order valence-electron chi connectivity index (χ2n) is 22.8. The number of carbonyl (C=O) groups excluding carboxylic acids is 2. The van der Waals surface area contributed by atoms with E-state index in [4.69, 9.17) is 43.1 Å². The Morgan fingerprint density at radius 2 is 0.653 bits per heavy atom. The van der Waals surface area contributed by atoms with Gasteiger partial charge in [0.25, 0.3) is 0 Å². The highest BCUT2D eigenvalue weighted by atomic mass is 16.2. The summed E-state index contributed by atoms with van der Waals surface area (Å²) in [5.41, 5.74) is 19.2. The number of carbonyl (C=O) groups is 2. The summed E-state index contributed by atoms with van der Waals surface area (Å²) in [7, 11) is 0. The van der Waals surface area contributed by atoms with E-state index in [1.807, 2.05) is 64.1 Å². The van der Waals surface area contributed by atoms with Crippen LogP contribution >= 0.6 is 0 Å². The maximum absolute atomic E-state index is 11.5. The molecule has 18 heteroatoms. The third-order valence-electron chi connectivity index (χ3n) is 14.3. The molecule has 1 saturated carbocycles. The molecule has 3 aliphatic rings. The second-order valence-corrected chi connectivity index (χ2v) is 22.8. The van der Waals surface area contributed by atoms with E-state index in [2.05, 4.69) is 96.0 Å². The molecule has 0 aromatic carbocycles. The van der Waals surface area contributed by atoms with E-state index in [-0.39, 0.29) is 44.9 Å². The number of fused-ring (bicyclic) bond motifs is 2. The average molecular weight is 973 g/mol. The number of hydrogen-bond donors (Lipinski definition) is 4. The van der Waals surface area contributed by atoms with Crippen molar-refractivity contribution in [2.45, 2.75) is 143 Å². The summed E-state index contributed by atoms with van der Waals surface area (Å²) in [5, 5.41) is 25.2. The SMILES string of the molecule is CC1(C)CCC(C)(C)C(=O)C1=O.CC1(C)CCC(C)(C)c2nc(-c3cccc(-c4cccc(-c5nnc6c(n5)C(C)(C)CCC6(C)C)n4)n3)nnc21.N/N=C(\N)c1cccc(-c2cccc(/C(N)=N/N)n2)n1. The zero-order valence-electron chi connectivity index (χ0n) is 43.7. The number of hydrazone groups is 2. The summed E-state index contributed by atoms with van der Waals surface area (Å²) in [5.74, 6) is 11.2. The summed E-state index contributed by atoms with van der Waals surface area (Å²) >= 11 is 0. The van der Waals surface area contributed by atoms with Gasteiger partial charge in [0.1, 0.15) is 22.8 Å². The molecule has 0 bridgehead atoms. The van der Waals surface area contributed by atoms with E-state index in [9.17, 15) is 9.59 Å². The van der Waals surface area contributed by atoms with Crippen LogP contribution in [-0.2, 0) is 31.2 Å². The molecule has 9 rings (SSSR count). The topological polar surface area (TPSA) is 292 Å². The smallest absolute Gasteiger partial charge is 0.204 e. The Morgan fingerprint density at radius 3 is 0.986 bits per heavy atom. The summed E-state index contributed by atoms with van der Waals surface area (Å²) in [6, 6.07) is 22.2. The first-order chi connectivity index (χ1) is 33.7. The van der Waals surface area contributed by atoms with Crippen molar-refractivity contribution < 1.29 is 9.59 Å². The van der Waals surface area contributed by atoms with Gasteiger partial charge in [-0.25, -0.2) is 29.9 Å². The molecular formula is C54H68N16O2. The fourth-order valence-electron chi connectivity index (χ4n) is 8.89. The fourth-order valence-corrected chi connectivity index (χ4v) is 8.89. The number of Topliss-reactive ketones (excluding diaryl/α,β-unsaturated/α-hetero) is 2. The van der Waals surface area contributed by atoms with Gasteiger partial charge >= 0.3 is 0 Å². The maximum atomic E-state index is 11.5. The van der Waals surface area contributed by atoms with Gasteiger partial charge < -0.3 is 23.2 Å². The number of nitrogens with two attached hydrogens (primary N) is 4. The molecule has 3 aliphatic carbocycles. The Balaban J connectivity index is 0.000000196. The van der Waals surface area contributed by atoms with Gasteiger partial charge in [-0.15, -0.1) is 10.2 Å². The molecule has 0 saturated heterocycles. The molecule has 0 amide bonds. The Morgan fingerprint density at radius 1 is 0.375 bits per heavy atom. The van der Waals surface area contributed by atoms with Crippen molar-refractivity contribution >= 4 is 23.2 Å². The summed E-state index contributed by atoms with van der Waals surface area (Å²) in [6.45, 7) is 25.2. The lowest BCUT2D eigenvalue weighted by Gasteiger charge is -2.39. The minimum Gasteiger partial charge on any atom is -0.380 e. The Labute approximate surface area is 421 Å². The summed E-state index contributed by atoms with van der Waals surface area (Å²) in [4.78, 5) is 51.5. The van der Waals surface area contributed by atoms with Gasteiger partial charge in [-0.05, 0) is 87.1 Å². The van der Waals surface area contributed by atoms with E-state index in [1.165, 1.54) is 0 Å². The molecule has 72 heavy (non-hydrogen) atoms. The second kappa shape index (κ2) is 19.6. The molecule has 18 nitrogen and oxygen atoms in total. The van der Waals surface area contributed by atoms with Crippen LogP contribution in [-0.4, -0.2) is 73.5 Å². The van der Waals surface area contributed by atoms with Crippen molar-refractivity contribution in [1.82, 2.24) is 50.3 Å². The normalized spacial score (nSPS) is 19.1. The number of nitrogens with zero attached hydrogens (tertiary/aromatic N) is 12. The van der Waals surface area contributed by atoms with Crippen molar-refractivity contribution in [1.29, 1.82) is 0 Å².